The zero-order valence-corrected chi connectivity index (χ0v) is 13.3. The predicted molar refractivity (Wildman–Crippen MR) is 76.9 cm³/mol. The maximum absolute atomic E-state index is 12.6. The first-order valence-electron chi connectivity index (χ1n) is 6.62. The molecule has 0 spiro atoms. The largest absolute Gasteiger partial charge is 0.332 e. The molecule has 1 rings (SSSR count). The summed E-state index contributed by atoms with van der Waals surface area (Å²) >= 11 is 5.75. The summed E-state index contributed by atoms with van der Waals surface area (Å²) in [4.78, 5) is 6.92. The Bertz CT molecular complexity index is 483. The number of hydrogen-bond donors (Lipinski definition) is 1. The standard InChI is InChI=1S/C12H22ClN3O2S/c1-4-10(5-2)16(8-7-13)19(17,18)12-9-14-11(6-3)15-12/h9-10H,4-8H2,1-3H3,(H,14,15). The van der Waals surface area contributed by atoms with Crippen LogP contribution in [0, 0.1) is 0 Å². The summed E-state index contributed by atoms with van der Waals surface area (Å²) in [6, 6.07) is -0.0304. The van der Waals surface area contributed by atoms with Crippen molar-refractivity contribution < 1.29 is 8.42 Å². The number of hydrogen-bond acceptors (Lipinski definition) is 3. The number of sulfonamides is 1. The average Bonchev–Trinajstić information content (AvgIpc) is 2.88. The lowest BCUT2D eigenvalue weighted by atomic mass is 10.2. The molecule has 5 nitrogen and oxygen atoms in total. The highest BCUT2D eigenvalue weighted by atomic mass is 35.5. The molecule has 0 aromatic carbocycles. The van der Waals surface area contributed by atoms with Gasteiger partial charge in [-0.1, -0.05) is 20.8 Å². The molecule has 0 unspecified atom stereocenters. The average molecular weight is 308 g/mol. The SMILES string of the molecule is CCc1ncc(S(=O)(=O)N(CCCl)C(CC)CC)[nH]1. The Labute approximate surface area is 120 Å². The van der Waals surface area contributed by atoms with Crippen LogP contribution in [-0.4, -0.2) is 41.2 Å². The van der Waals surface area contributed by atoms with E-state index in [1.54, 1.807) is 0 Å². The first kappa shape index (κ1) is 16.5. The van der Waals surface area contributed by atoms with E-state index in [1.807, 2.05) is 20.8 Å². The van der Waals surface area contributed by atoms with Gasteiger partial charge in [0.15, 0.2) is 5.03 Å². The van der Waals surface area contributed by atoms with Gasteiger partial charge in [0.25, 0.3) is 10.0 Å². The van der Waals surface area contributed by atoms with Crippen molar-refractivity contribution in [3.05, 3.63) is 12.0 Å². The molecule has 0 atom stereocenters. The van der Waals surface area contributed by atoms with Gasteiger partial charge in [-0.05, 0) is 12.8 Å². The molecule has 0 bridgehead atoms. The Balaban J connectivity index is 3.11. The van der Waals surface area contributed by atoms with E-state index in [0.29, 0.717) is 18.8 Å². The van der Waals surface area contributed by atoms with Gasteiger partial charge in [0.05, 0.1) is 6.20 Å². The van der Waals surface area contributed by atoms with Crippen molar-refractivity contribution in [2.45, 2.75) is 51.1 Å². The van der Waals surface area contributed by atoms with Crippen LogP contribution in [0.4, 0.5) is 0 Å². The first-order valence-corrected chi connectivity index (χ1v) is 8.60. The molecule has 0 aliphatic carbocycles. The number of alkyl halides is 1. The summed E-state index contributed by atoms with van der Waals surface area (Å²) in [5, 5.41) is 0.154. The minimum absolute atomic E-state index is 0.0304. The number of aromatic nitrogens is 2. The van der Waals surface area contributed by atoms with E-state index >= 15 is 0 Å². The van der Waals surface area contributed by atoms with Gasteiger partial charge in [0.2, 0.25) is 0 Å². The normalized spacial score (nSPS) is 12.5. The number of imidazole rings is 1. The van der Waals surface area contributed by atoms with Gasteiger partial charge < -0.3 is 4.98 Å². The highest BCUT2D eigenvalue weighted by Crippen LogP contribution is 2.20. The summed E-state index contributed by atoms with van der Waals surface area (Å²) in [7, 11) is -3.55. The number of nitrogens with zero attached hydrogens (tertiary/aromatic N) is 2. The maximum Gasteiger partial charge on any atom is 0.260 e. The fourth-order valence-electron chi connectivity index (χ4n) is 2.06. The molecule has 0 aliphatic heterocycles. The second-order valence-electron chi connectivity index (χ2n) is 4.32. The number of nitrogens with one attached hydrogen (secondary N) is 1. The van der Waals surface area contributed by atoms with Crippen LogP contribution in [-0.2, 0) is 16.4 Å². The third-order valence-electron chi connectivity index (χ3n) is 3.18. The third kappa shape index (κ3) is 3.70. The van der Waals surface area contributed by atoms with Gasteiger partial charge in [-0.15, -0.1) is 11.6 Å². The van der Waals surface area contributed by atoms with E-state index in [9.17, 15) is 8.42 Å². The van der Waals surface area contributed by atoms with E-state index in [-0.39, 0.29) is 16.9 Å². The van der Waals surface area contributed by atoms with Crippen LogP contribution < -0.4 is 0 Å². The van der Waals surface area contributed by atoms with Gasteiger partial charge in [0, 0.05) is 24.9 Å². The monoisotopic (exact) mass is 307 g/mol. The minimum atomic E-state index is -3.55. The molecule has 1 aromatic rings. The molecule has 0 saturated carbocycles. The number of aromatic amines is 1. The number of aryl methyl sites for hydroxylation is 1. The molecular formula is C12H22ClN3O2S. The van der Waals surface area contributed by atoms with Crippen molar-refractivity contribution in [3.63, 3.8) is 0 Å². The molecule has 1 aromatic heterocycles. The Morgan fingerprint density at radius 1 is 1.37 bits per heavy atom. The van der Waals surface area contributed by atoms with Crippen molar-refractivity contribution in [2.75, 3.05) is 12.4 Å². The van der Waals surface area contributed by atoms with E-state index in [0.717, 1.165) is 12.8 Å². The number of rotatable bonds is 8. The highest BCUT2D eigenvalue weighted by Gasteiger charge is 2.30. The van der Waals surface area contributed by atoms with Crippen LogP contribution in [0.15, 0.2) is 11.2 Å². The molecule has 19 heavy (non-hydrogen) atoms. The zero-order valence-electron chi connectivity index (χ0n) is 11.7. The van der Waals surface area contributed by atoms with Gasteiger partial charge in [-0.3, -0.25) is 0 Å². The molecule has 0 radical (unpaired) electrons. The molecule has 1 N–H and O–H groups in total. The maximum atomic E-state index is 12.6. The van der Waals surface area contributed by atoms with Crippen molar-refractivity contribution in [2.24, 2.45) is 0 Å². The van der Waals surface area contributed by atoms with Crippen LogP contribution in [0.2, 0.25) is 0 Å². The Kier molecular flexibility index (Phi) is 6.29. The van der Waals surface area contributed by atoms with Gasteiger partial charge >= 0.3 is 0 Å². The Morgan fingerprint density at radius 2 is 2.00 bits per heavy atom. The van der Waals surface area contributed by atoms with Crippen LogP contribution >= 0.6 is 11.6 Å². The van der Waals surface area contributed by atoms with Gasteiger partial charge in [-0.2, -0.15) is 4.31 Å². The van der Waals surface area contributed by atoms with Gasteiger partial charge in [0.1, 0.15) is 5.82 Å². The first-order chi connectivity index (χ1) is 9.01. The highest BCUT2D eigenvalue weighted by molar-refractivity contribution is 7.89. The second kappa shape index (κ2) is 7.26. The molecule has 0 saturated heterocycles. The quantitative estimate of drug-likeness (QED) is 0.750. The number of halogens is 1. The lowest BCUT2D eigenvalue weighted by Gasteiger charge is -2.28. The van der Waals surface area contributed by atoms with Crippen molar-refractivity contribution in [1.29, 1.82) is 0 Å². The second-order valence-corrected chi connectivity index (χ2v) is 6.56. The lowest BCUT2D eigenvalue weighted by molar-refractivity contribution is 0.315. The Morgan fingerprint density at radius 3 is 2.42 bits per heavy atom. The molecule has 0 amide bonds. The summed E-state index contributed by atoms with van der Waals surface area (Å²) in [6.07, 6.45) is 3.59. The summed E-state index contributed by atoms with van der Waals surface area (Å²) < 4.78 is 26.7. The van der Waals surface area contributed by atoms with E-state index < -0.39 is 10.0 Å². The molecular weight excluding hydrogens is 286 g/mol. The minimum Gasteiger partial charge on any atom is -0.332 e. The van der Waals surface area contributed by atoms with Crippen LogP contribution in [0.25, 0.3) is 0 Å². The predicted octanol–water partition coefficient (Wildman–Crippen LogP) is 2.39. The van der Waals surface area contributed by atoms with E-state index in [4.69, 9.17) is 11.6 Å². The molecule has 0 aliphatic rings. The topological polar surface area (TPSA) is 66.1 Å². The van der Waals surface area contributed by atoms with Crippen molar-refractivity contribution in [1.82, 2.24) is 14.3 Å². The molecule has 7 heteroatoms. The van der Waals surface area contributed by atoms with E-state index in [2.05, 4.69) is 9.97 Å². The van der Waals surface area contributed by atoms with Gasteiger partial charge in [-0.25, -0.2) is 13.4 Å². The van der Waals surface area contributed by atoms with Crippen LogP contribution in [0.1, 0.15) is 39.4 Å². The molecule has 0 fully saturated rings. The summed E-state index contributed by atoms with van der Waals surface area (Å²) in [5.74, 6) is 0.957. The lowest BCUT2D eigenvalue weighted by Crippen LogP contribution is -2.41. The molecule has 110 valence electrons. The van der Waals surface area contributed by atoms with Crippen LogP contribution in [0.5, 0.6) is 0 Å². The smallest absolute Gasteiger partial charge is 0.260 e. The number of H-pyrrole nitrogens is 1. The van der Waals surface area contributed by atoms with Crippen molar-refractivity contribution >= 4 is 21.6 Å². The van der Waals surface area contributed by atoms with Crippen molar-refractivity contribution in [3.8, 4) is 0 Å². The summed E-state index contributed by atoms with van der Waals surface area (Å²) in [5.41, 5.74) is 0. The fourth-order valence-corrected chi connectivity index (χ4v) is 4.05. The molecule has 1 heterocycles. The Hall–Kier alpha value is -0.590. The van der Waals surface area contributed by atoms with E-state index in [1.165, 1.54) is 10.5 Å². The summed E-state index contributed by atoms with van der Waals surface area (Å²) in [6.45, 7) is 6.20. The fraction of sp³-hybridized carbons (Fsp3) is 0.750. The zero-order chi connectivity index (χ0) is 14.5. The van der Waals surface area contributed by atoms with Crippen LogP contribution in [0.3, 0.4) is 0 Å². The third-order valence-corrected chi connectivity index (χ3v) is 5.21.